The van der Waals surface area contributed by atoms with Crippen LogP contribution in [0.3, 0.4) is 0 Å². The van der Waals surface area contributed by atoms with E-state index in [1.165, 1.54) is 0 Å². The van der Waals surface area contributed by atoms with Gasteiger partial charge in [0.1, 0.15) is 18.2 Å². The predicted molar refractivity (Wildman–Crippen MR) is 84.5 cm³/mol. The molecule has 1 aromatic heterocycles. The molecule has 1 atom stereocenters. The summed E-state index contributed by atoms with van der Waals surface area (Å²) in [6, 6.07) is 1.84. The molecule has 1 unspecified atom stereocenters. The molecule has 2 fully saturated rings. The van der Waals surface area contributed by atoms with E-state index < -0.39 is 0 Å². The van der Waals surface area contributed by atoms with Crippen molar-refractivity contribution in [1.29, 1.82) is 0 Å². The first-order valence-corrected chi connectivity index (χ1v) is 7.67. The molecule has 0 N–H and O–H groups in total. The van der Waals surface area contributed by atoms with Crippen molar-refractivity contribution < 1.29 is 9.59 Å². The van der Waals surface area contributed by atoms with Crippen LogP contribution in [0.15, 0.2) is 6.07 Å². The van der Waals surface area contributed by atoms with E-state index >= 15 is 0 Å². The number of likely N-dealkylation sites (N-methyl/N-ethyl adjacent to an activating group) is 2. The lowest BCUT2D eigenvalue weighted by molar-refractivity contribution is -0.126. The van der Waals surface area contributed by atoms with E-state index in [9.17, 15) is 9.59 Å². The third-order valence-electron chi connectivity index (χ3n) is 4.40. The lowest BCUT2D eigenvalue weighted by Gasteiger charge is -2.24. The first kappa shape index (κ1) is 15.7. The number of rotatable bonds is 3. The number of hydrogen-bond donors (Lipinski definition) is 0. The molecule has 23 heavy (non-hydrogen) atoms. The first-order valence-electron chi connectivity index (χ1n) is 7.67. The maximum absolute atomic E-state index is 11.7. The average molecular weight is 318 g/mol. The van der Waals surface area contributed by atoms with Crippen LogP contribution in [0.1, 0.15) is 24.5 Å². The molecule has 2 saturated heterocycles. The van der Waals surface area contributed by atoms with Gasteiger partial charge in [-0.15, -0.1) is 0 Å². The van der Waals surface area contributed by atoms with Crippen molar-refractivity contribution in [2.45, 2.75) is 19.9 Å². The highest BCUT2D eigenvalue weighted by atomic mass is 16.2. The third kappa shape index (κ3) is 2.98. The van der Waals surface area contributed by atoms with Crippen molar-refractivity contribution in [3.63, 3.8) is 0 Å². The summed E-state index contributed by atoms with van der Waals surface area (Å²) in [6.07, 6.45) is 0. The smallest absolute Gasteiger partial charge is 0.243 e. The van der Waals surface area contributed by atoms with Gasteiger partial charge in [-0.05, 0) is 13.8 Å². The second kappa shape index (κ2) is 5.77. The number of aryl methyl sites for hydroxylation is 1. The third-order valence-corrected chi connectivity index (χ3v) is 4.40. The van der Waals surface area contributed by atoms with Crippen LogP contribution in [-0.4, -0.2) is 77.0 Å². The summed E-state index contributed by atoms with van der Waals surface area (Å²) in [7, 11) is 3.58. The van der Waals surface area contributed by atoms with Crippen LogP contribution >= 0.6 is 0 Å². The van der Waals surface area contributed by atoms with Crippen LogP contribution in [0.4, 0.5) is 5.82 Å². The van der Waals surface area contributed by atoms with E-state index in [2.05, 4.69) is 9.97 Å². The monoisotopic (exact) mass is 318 g/mol. The Morgan fingerprint density at radius 1 is 1.04 bits per heavy atom. The molecular formula is C15H22N6O2. The molecule has 0 spiro atoms. The van der Waals surface area contributed by atoms with E-state index in [0.29, 0.717) is 32.3 Å². The molecule has 0 radical (unpaired) electrons. The molecule has 3 heterocycles. The Bertz CT molecular complexity index is 649. The van der Waals surface area contributed by atoms with Crippen LogP contribution < -0.4 is 4.90 Å². The Kier molecular flexibility index (Phi) is 3.93. The normalized spacial score (nSPS) is 20.8. The van der Waals surface area contributed by atoms with Gasteiger partial charge >= 0.3 is 0 Å². The largest absolute Gasteiger partial charge is 0.332 e. The van der Waals surface area contributed by atoms with Gasteiger partial charge in [0, 0.05) is 25.9 Å². The van der Waals surface area contributed by atoms with Gasteiger partial charge in [0.25, 0.3) is 0 Å². The summed E-state index contributed by atoms with van der Waals surface area (Å²) in [6.45, 7) is 5.77. The number of amides is 2. The fourth-order valence-electron chi connectivity index (χ4n) is 2.86. The Morgan fingerprint density at radius 3 is 2.26 bits per heavy atom. The maximum Gasteiger partial charge on any atom is 0.243 e. The van der Waals surface area contributed by atoms with Gasteiger partial charge in [0.05, 0.1) is 25.9 Å². The SMILES string of the molecule is Cc1cc(N2CC(=O)N(C)C2)nc(C(C)N2CC(=O)N(C)C2)n1. The van der Waals surface area contributed by atoms with Crippen molar-refractivity contribution in [3.8, 4) is 0 Å². The molecule has 8 heteroatoms. The molecule has 0 bridgehead atoms. The number of hydrogen-bond acceptors (Lipinski definition) is 6. The first-order chi connectivity index (χ1) is 10.8. The van der Waals surface area contributed by atoms with Crippen molar-refractivity contribution in [1.82, 2.24) is 24.7 Å². The van der Waals surface area contributed by atoms with Gasteiger partial charge in [-0.1, -0.05) is 0 Å². The highest BCUT2D eigenvalue weighted by Gasteiger charge is 2.31. The quantitative estimate of drug-likeness (QED) is 0.769. The molecule has 1 aromatic rings. The number of carbonyl (C=O) groups excluding carboxylic acids is 2. The van der Waals surface area contributed by atoms with Crippen LogP contribution in [0, 0.1) is 6.92 Å². The second-order valence-corrected chi connectivity index (χ2v) is 6.31. The molecule has 8 nitrogen and oxygen atoms in total. The summed E-state index contributed by atoms with van der Waals surface area (Å²) in [5.74, 6) is 1.64. The molecule has 124 valence electrons. The average Bonchev–Trinajstić information content (AvgIpc) is 3.01. The molecule has 2 amide bonds. The molecular weight excluding hydrogens is 296 g/mol. The van der Waals surface area contributed by atoms with Crippen molar-refractivity contribution in [2.24, 2.45) is 0 Å². The number of carbonyl (C=O) groups is 2. The second-order valence-electron chi connectivity index (χ2n) is 6.31. The number of nitrogens with zero attached hydrogens (tertiary/aromatic N) is 6. The summed E-state index contributed by atoms with van der Waals surface area (Å²) in [4.78, 5) is 40.0. The fourth-order valence-corrected chi connectivity index (χ4v) is 2.86. The highest BCUT2D eigenvalue weighted by molar-refractivity contribution is 5.84. The summed E-state index contributed by atoms with van der Waals surface area (Å²) < 4.78 is 0. The fraction of sp³-hybridized carbons (Fsp3) is 0.600. The van der Waals surface area contributed by atoms with Crippen molar-refractivity contribution in [2.75, 3.05) is 45.4 Å². The molecule has 0 saturated carbocycles. The Labute approximate surface area is 135 Å². The van der Waals surface area contributed by atoms with Gasteiger partial charge in [-0.2, -0.15) is 0 Å². The predicted octanol–water partition coefficient (Wildman–Crippen LogP) is -0.187. The van der Waals surface area contributed by atoms with E-state index in [1.54, 1.807) is 23.9 Å². The lowest BCUT2D eigenvalue weighted by Crippen LogP contribution is -2.29. The molecule has 0 aromatic carbocycles. The standard InChI is InChI=1S/C15H22N6O2/c1-10-5-12(21-7-14(23)19(4)9-21)17-15(16-10)11(2)20-6-13(22)18(3)8-20/h5,11H,6-9H2,1-4H3. The number of anilines is 1. The zero-order valence-corrected chi connectivity index (χ0v) is 14.0. The summed E-state index contributed by atoms with van der Waals surface area (Å²) in [5, 5.41) is 0. The molecule has 3 rings (SSSR count). The zero-order chi connectivity index (χ0) is 16.7. The van der Waals surface area contributed by atoms with Gasteiger partial charge in [0.15, 0.2) is 0 Å². The van der Waals surface area contributed by atoms with Gasteiger partial charge < -0.3 is 14.7 Å². The van der Waals surface area contributed by atoms with Gasteiger partial charge in [-0.25, -0.2) is 9.97 Å². The minimum Gasteiger partial charge on any atom is -0.332 e. The van der Waals surface area contributed by atoms with Gasteiger partial charge in [0.2, 0.25) is 11.8 Å². The molecule has 2 aliphatic heterocycles. The van der Waals surface area contributed by atoms with Crippen LogP contribution in [0.25, 0.3) is 0 Å². The maximum atomic E-state index is 11.7. The van der Waals surface area contributed by atoms with E-state index in [0.717, 1.165) is 11.5 Å². The van der Waals surface area contributed by atoms with E-state index in [-0.39, 0.29) is 17.9 Å². The minimum absolute atomic E-state index is 0.0569. The van der Waals surface area contributed by atoms with Crippen molar-refractivity contribution >= 4 is 17.6 Å². The van der Waals surface area contributed by atoms with Crippen LogP contribution in [-0.2, 0) is 9.59 Å². The Hall–Kier alpha value is -2.22. The molecule has 2 aliphatic rings. The topological polar surface area (TPSA) is 72.9 Å². The number of aromatic nitrogens is 2. The molecule has 0 aliphatic carbocycles. The summed E-state index contributed by atoms with van der Waals surface area (Å²) in [5.41, 5.74) is 0.859. The van der Waals surface area contributed by atoms with E-state index in [1.807, 2.05) is 29.7 Å². The Balaban J connectivity index is 1.83. The minimum atomic E-state index is -0.0569. The van der Waals surface area contributed by atoms with Gasteiger partial charge in [-0.3, -0.25) is 14.5 Å². The van der Waals surface area contributed by atoms with Crippen molar-refractivity contribution in [3.05, 3.63) is 17.6 Å². The highest BCUT2D eigenvalue weighted by Crippen LogP contribution is 2.24. The van der Waals surface area contributed by atoms with E-state index in [4.69, 9.17) is 0 Å². The lowest BCUT2D eigenvalue weighted by atomic mass is 10.2. The van der Waals surface area contributed by atoms with Crippen LogP contribution in [0.2, 0.25) is 0 Å². The Morgan fingerprint density at radius 2 is 1.70 bits per heavy atom. The summed E-state index contributed by atoms with van der Waals surface area (Å²) >= 11 is 0. The zero-order valence-electron chi connectivity index (χ0n) is 14.0. The van der Waals surface area contributed by atoms with Crippen LogP contribution in [0.5, 0.6) is 0 Å².